The molecule has 0 radical (unpaired) electrons. The van der Waals surface area contributed by atoms with Gasteiger partial charge in [0.2, 0.25) is 0 Å². The quantitative estimate of drug-likeness (QED) is 0.0687. The van der Waals surface area contributed by atoms with Gasteiger partial charge in [-0.15, -0.1) is 0 Å². The van der Waals surface area contributed by atoms with E-state index >= 15 is 0 Å². The second kappa shape index (κ2) is 23.6. The highest BCUT2D eigenvalue weighted by Crippen LogP contribution is 2.28. The van der Waals surface area contributed by atoms with E-state index < -0.39 is 24.6 Å². The Morgan fingerprint density at radius 2 is 1.43 bits per heavy atom. The van der Waals surface area contributed by atoms with Crippen molar-refractivity contribution in [1.82, 2.24) is 0 Å². The van der Waals surface area contributed by atoms with Crippen molar-refractivity contribution in [2.24, 2.45) is 11.0 Å². The van der Waals surface area contributed by atoms with E-state index in [2.05, 4.69) is 37.7 Å². The Bertz CT molecular complexity index is 589. The largest absolute Gasteiger partial charge is 0.378 e. The van der Waals surface area contributed by atoms with E-state index in [1.165, 1.54) is 0 Å². The Morgan fingerprint density at radius 3 is 2.03 bits per heavy atom. The number of ether oxygens (including phenoxy) is 5. The van der Waals surface area contributed by atoms with Crippen molar-refractivity contribution in [3.8, 4) is 0 Å². The molecule has 0 amide bonds. The first-order valence-corrected chi connectivity index (χ1v) is 16.3. The zero-order valence-corrected chi connectivity index (χ0v) is 25.1. The molecule has 6 atom stereocenters. The molecule has 1 saturated heterocycles. The highest BCUT2D eigenvalue weighted by molar-refractivity contribution is 8.00. The molecule has 1 fully saturated rings. The molecule has 0 bridgehead atoms. The Hall–Kier alpha value is -0.230. The van der Waals surface area contributed by atoms with Gasteiger partial charge in [0.1, 0.15) is 24.4 Å². The molecule has 0 aromatic carbocycles. The number of aliphatic hydroxyl groups excluding tert-OH is 1. The lowest BCUT2D eigenvalue weighted by molar-refractivity contribution is -0.312. The Morgan fingerprint density at radius 1 is 0.865 bits per heavy atom. The van der Waals surface area contributed by atoms with Crippen LogP contribution in [0.25, 0.3) is 10.4 Å². The van der Waals surface area contributed by atoms with E-state index in [1.54, 1.807) is 0 Å². The van der Waals surface area contributed by atoms with Crippen LogP contribution in [0.5, 0.6) is 0 Å². The number of hydrogen-bond donors (Lipinski definition) is 1. The van der Waals surface area contributed by atoms with Crippen molar-refractivity contribution in [2.75, 3.05) is 62.6 Å². The van der Waals surface area contributed by atoms with Crippen LogP contribution in [-0.2, 0) is 23.7 Å². The fourth-order valence-electron chi connectivity index (χ4n) is 3.77. The third-order valence-electron chi connectivity index (χ3n) is 5.89. The molecule has 4 unspecified atom stereocenters. The van der Waals surface area contributed by atoms with Gasteiger partial charge in [0.15, 0.2) is 6.29 Å². The standard InChI is InChI=1S/C26H51N3O6S2/c1-5-8-12-32-23-22(18-31-15-17-37-20-21(4)19-36-16-11-28-29-27)35-26(30)25(34-14-10-7-3)24(23)33-13-9-6-2/h21-26,30H,5-20H2,1-4H3/t21?,22?,23-,24?,25-,26?/m0/s1. The summed E-state index contributed by atoms with van der Waals surface area (Å²) < 4.78 is 30.6. The van der Waals surface area contributed by atoms with Crippen LogP contribution in [0, 0.1) is 5.92 Å². The van der Waals surface area contributed by atoms with Gasteiger partial charge in [-0.05, 0) is 48.0 Å². The molecule has 0 spiro atoms. The molecule has 1 rings (SSSR count). The van der Waals surface area contributed by atoms with E-state index in [-0.39, 0.29) is 6.10 Å². The van der Waals surface area contributed by atoms with Gasteiger partial charge < -0.3 is 28.8 Å². The van der Waals surface area contributed by atoms with Crippen LogP contribution in [0.1, 0.15) is 66.2 Å². The topological polar surface area (TPSA) is 115 Å². The first-order chi connectivity index (χ1) is 18.1. The minimum atomic E-state index is -1.07. The first kappa shape index (κ1) is 34.8. The summed E-state index contributed by atoms with van der Waals surface area (Å²) in [6.07, 6.45) is 3.09. The van der Waals surface area contributed by atoms with Crippen LogP contribution in [0.4, 0.5) is 0 Å². The summed E-state index contributed by atoms with van der Waals surface area (Å²) >= 11 is 3.70. The molecule has 11 heteroatoms. The molecule has 0 aliphatic carbocycles. The van der Waals surface area contributed by atoms with Crippen LogP contribution < -0.4 is 0 Å². The molecular weight excluding hydrogens is 514 g/mol. The summed E-state index contributed by atoms with van der Waals surface area (Å²) in [6, 6.07) is 0. The van der Waals surface area contributed by atoms with Gasteiger partial charge in [0, 0.05) is 37.0 Å². The fraction of sp³-hybridized carbons (Fsp3) is 1.00. The highest BCUT2D eigenvalue weighted by Gasteiger charge is 2.47. The van der Waals surface area contributed by atoms with Crippen LogP contribution >= 0.6 is 23.5 Å². The van der Waals surface area contributed by atoms with Crippen molar-refractivity contribution in [2.45, 2.75) is 96.9 Å². The zero-order valence-electron chi connectivity index (χ0n) is 23.4. The normalized spacial score (nSPS) is 24.6. The summed E-state index contributed by atoms with van der Waals surface area (Å²) in [5.74, 6) is 4.46. The Kier molecular flexibility index (Phi) is 22.2. The third-order valence-corrected chi connectivity index (χ3v) is 8.43. The predicted octanol–water partition coefficient (Wildman–Crippen LogP) is 5.69. The summed E-state index contributed by atoms with van der Waals surface area (Å²) in [5.41, 5.74) is 8.32. The van der Waals surface area contributed by atoms with E-state index in [4.69, 9.17) is 29.2 Å². The van der Waals surface area contributed by atoms with Crippen LogP contribution in [-0.4, -0.2) is 98.4 Å². The van der Waals surface area contributed by atoms with Crippen molar-refractivity contribution in [3.05, 3.63) is 10.4 Å². The number of nitrogens with zero attached hydrogens (tertiary/aromatic N) is 3. The smallest absolute Gasteiger partial charge is 0.184 e. The molecule has 1 aliphatic heterocycles. The lowest BCUT2D eigenvalue weighted by Gasteiger charge is -2.44. The zero-order chi connectivity index (χ0) is 27.1. The molecular formula is C26H51N3O6S2. The maximum atomic E-state index is 10.8. The second-order valence-electron chi connectivity index (χ2n) is 9.42. The predicted molar refractivity (Wildman–Crippen MR) is 153 cm³/mol. The van der Waals surface area contributed by atoms with E-state index in [0.717, 1.165) is 61.5 Å². The van der Waals surface area contributed by atoms with E-state index in [1.807, 2.05) is 23.5 Å². The lowest BCUT2D eigenvalue weighted by atomic mass is 9.98. The monoisotopic (exact) mass is 565 g/mol. The molecule has 1 heterocycles. The Balaban J connectivity index is 2.56. The van der Waals surface area contributed by atoms with Gasteiger partial charge in [-0.25, -0.2) is 0 Å². The number of aliphatic hydroxyl groups is 1. The summed E-state index contributed by atoms with van der Waals surface area (Å²) in [4.78, 5) is 2.78. The maximum absolute atomic E-state index is 10.8. The SMILES string of the molecule is CCCCOC1[C@H](OCCCC)C(O)OC(COCCSCC(C)CSCCN=[N+]=[N-])[C@@H]1OCCCC. The maximum Gasteiger partial charge on any atom is 0.184 e. The van der Waals surface area contributed by atoms with Gasteiger partial charge in [-0.3, -0.25) is 0 Å². The average Bonchev–Trinajstić information content (AvgIpc) is 2.89. The first-order valence-electron chi connectivity index (χ1n) is 14.0. The van der Waals surface area contributed by atoms with Gasteiger partial charge in [0.05, 0.1) is 13.2 Å². The average molecular weight is 566 g/mol. The van der Waals surface area contributed by atoms with E-state index in [9.17, 15) is 5.11 Å². The number of hydrogen-bond acceptors (Lipinski definition) is 9. The molecule has 1 N–H and O–H groups in total. The minimum absolute atomic E-state index is 0.342. The molecule has 0 aromatic heterocycles. The lowest BCUT2D eigenvalue weighted by Crippen LogP contribution is -2.61. The minimum Gasteiger partial charge on any atom is -0.378 e. The molecule has 218 valence electrons. The third kappa shape index (κ3) is 15.8. The van der Waals surface area contributed by atoms with Crippen molar-refractivity contribution in [1.29, 1.82) is 0 Å². The summed E-state index contributed by atoms with van der Waals surface area (Å²) in [5, 5.41) is 14.4. The number of rotatable bonds is 24. The fourth-order valence-corrected chi connectivity index (χ4v) is 5.74. The molecule has 9 nitrogen and oxygen atoms in total. The molecule has 37 heavy (non-hydrogen) atoms. The molecule has 0 aromatic rings. The van der Waals surface area contributed by atoms with Crippen LogP contribution in [0.2, 0.25) is 0 Å². The highest BCUT2D eigenvalue weighted by atomic mass is 32.2. The number of unbranched alkanes of at least 4 members (excludes halogenated alkanes) is 3. The van der Waals surface area contributed by atoms with Gasteiger partial charge in [0.25, 0.3) is 0 Å². The van der Waals surface area contributed by atoms with Gasteiger partial charge >= 0.3 is 0 Å². The Labute approximate surface area is 233 Å². The van der Waals surface area contributed by atoms with Crippen molar-refractivity contribution < 1.29 is 28.8 Å². The van der Waals surface area contributed by atoms with Crippen molar-refractivity contribution >= 4 is 23.5 Å². The summed E-state index contributed by atoms with van der Waals surface area (Å²) in [7, 11) is 0. The van der Waals surface area contributed by atoms with Crippen LogP contribution in [0.15, 0.2) is 5.11 Å². The second-order valence-corrected chi connectivity index (χ2v) is 11.7. The van der Waals surface area contributed by atoms with Gasteiger partial charge in [-0.2, -0.15) is 23.5 Å². The molecule has 0 saturated carbocycles. The number of thioether (sulfide) groups is 2. The molecule has 1 aliphatic rings. The van der Waals surface area contributed by atoms with Gasteiger partial charge in [-0.1, -0.05) is 52.1 Å². The number of azide groups is 1. The van der Waals surface area contributed by atoms with Crippen molar-refractivity contribution in [3.63, 3.8) is 0 Å². The summed E-state index contributed by atoms with van der Waals surface area (Å²) in [6.45, 7) is 11.9. The van der Waals surface area contributed by atoms with Crippen LogP contribution in [0.3, 0.4) is 0 Å². The van der Waals surface area contributed by atoms with E-state index in [0.29, 0.717) is 45.5 Å².